The fourth-order valence-electron chi connectivity index (χ4n) is 4.25. The molecule has 5 aromatic rings. The number of nitrogens with zero attached hydrogens (tertiary/aromatic N) is 6. The first-order chi connectivity index (χ1) is 16.9. The second kappa shape index (κ2) is 8.68. The number of hydrogen-bond donors (Lipinski definition) is 2. The van der Waals surface area contributed by atoms with E-state index in [0.717, 1.165) is 38.5 Å². The largest absolute Gasteiger partial charge is 0.357 e. The topological polar surface area (TPSA) is 101 Å². The molecule has 0 unspecified atom stereocenters. The van der Waals surface area contributed by atoms with E-state index in [-0.39, 0.29) is 5.91 Å². The first kappa shape index (κ1) is 22.3. The summed E-state index contributed by atoms with van der Waals surface area (Å²) in [5.41, 5.74) is 5.73. The Morgan fingerprint density at radius 2 is 1.89 bits per heavy atom. The Hall–Kier alpha value is -4.53. The molecular formula is C26H26N8O. The van der Waals surface area contributed by atoms with E-state index in [4.69, 9.17) is 5.10 Å². The molecule has 0 saturated carbocycles. The summed E-state index contributed by atoms with van der Waals surface area (Å²) in [6, 6.07) is 13.8. The lowest BCUT2D eigenvalue weighted by molar-refractivity contribution is 0.0827. The molecule has 3 heterocycles. The predicted molar refractivity (Wildman–Crippen MR) is 139 cm³/mol. The minimum Gasteiger partial charge on any atom is -0.357 e. The zero-order chi connectivity index (χ0) is 24.7. The minimum atomic E-state index is -0.0821. The van der Waals surface area contributed by atoms with Crippen molar-refractivity contribution in [2.45, 2.75) is 6.92 Å². The molecule has 9 heteroatoms. The second-order valence-corrected chi connectivity index (χ2v) is 8.60. The van der Waals surface area contributed by atoms with Crippen LogP contribution < -0.4 is 10.6 Å². The number of carbonyl (C=O) groups is 1. The Morgan fingerprint density at radius 3 is 2.66 bits per heavy atom. The third kappa shape index (κ3) is 4.01. The summed E-state index contributed by atoms with van der Waals surface area (Å²) < 4.78 is 1.87. The van der Waals surface area contributed by atoms with Gasteiger partial charge in [0.05, 0.1) is 11.0 Å². The number of hydrogen-bond acceptors (Lipinski definition) is 7. The number of aryl methyl sites for hydroxylation is 2. The lowest BCUT2D eigenvalue weighted by atomic mass is 9.96. The maximum Gasteiger partial charge on any atom is 0.253 e. The fraction of sp³-hybridized carbons (Fsp3) is 0.192. The van der Waals surface area contributed by atoms with E-state index < -0.39 is 0 Å². The van der Waals surface area contributed by atoms with Crippen LogP contribution in [0.3, 0.4) is 0 Å². The molecule has 0 spiro atoms. The van der Waals surface area contributed by atoms with Crippen molar-refractivity contribution >= 4 is 45.3 Å². The molecule has 2 aromatic carbocycles. The SMILES string of the molecule is CNc1ncc2cc(-c3c(C)ccc4c(Nc5cc(C(=O)N(C)C)ccn5)nn(C)c34)ccc2n1. The summed E-state index contributed by atoms with van der Waals surface area (Å²) >= 11 is 0. The van der Waals surface area contributed by atoms with Crippen molar-refractivity contribution in [3.05, 3.63) is 66.0 Å². The first-order valence-corrected chi connectivity index (χ1v) is 11.2. The summed E-state index contributed by atoms with van der Waals surface area (Å²) in [4.78, 5) is 27.2. The predicted octanol–water partition coefficient (Wildman–Crippen LogP) is 4.37. The van der Waals surface area contributed by atoms with Crippen LogP contribution >= 0.6 is 0 Å². The van der Waals surface area contributed by atoms with E-state index >= 15 is 0 Å². The van der Waals surface area contributed by atoms with Crippen LogP contribution in [0.2, 0.25) is 0 Å². The highest BCUT2D eigenvalue weighted by Crippen LogP contribution is 2.36. The number of aromatic nitrogens is 5. The van der Waals surface area contributed by atoms with Gasteiger partial charge in [-0.15, -0.1) is 0 Å². The standard InChI is InChI=1S/C26H26N8O/c1-15-6-8-19-23(22(15)16-7-9-20-18(12-16)14-29-26(27-2)30-20)34(5)32-24(19)31-21-13-17(10-11-28-21)25(35)33(3)4/h6-14H,1-5H3,(H,27,29,30)(H,28,31,32). The molecule has 1 amide bonds. The quantitative estimate of drug-likeness (QED) is 0.397. The molecule has 3 aromatic heterocycles. The normalized spacial score (nSPS) is 11.1. The van der Waals surface area contributed by atoms with Gasteiger partial charge in [-0.1, -0.05) is 12.1 Å². The van der Waals surface area contributed by atoms with Gasteiger partial charge in [0.1, 0.15) is 5.82 Å². The molecule has 0 aliphatic carbocycles. The number of benzene rings is 2. The highest BCUT2D eigenvalue weighted by atomic mass is 16.2. The Morgan fingerprint density at radius 1 is 1.06 bits per heavy atom. The Labute approximate surface area is 202 Å². The van der Waals surface area contributed by atoms with Gasteiger partial charge in [0.15, 0.2) is 5.82 Å². The smallest absolute Gasteiger partial charge is 0.253 e. The first-order valence-electron chi connectivity index (χ1n) is 11.2. The summed E-state index contributed by atoms with van der Waals surface area (Å²) in [6.07, 6.45) is 3.45. The van der Waals surface area contributed by atoms with Crippen LogP contribution in [0.5, 0.6) is 0 Å². The van der Waals surface area contributed by atoms with Crippen LogP contribution in [0.25, 0.3) is 32.9 Å². The van der Waals surface area contributed by atoms with E-state index in [1.807, 2.05) is 24.0 Å². The van der Waals surface area contributed by atoms with Gasteiger partial charge in [-0.3, -0.25) is 9.48 Å². The summed E-state index contributed by atoms with van der Waals surface area (Å²) in [5, 5.41) is 12.9. The van der Waals surface area contributed by atoms with Crippen molar-refractivity contribution in [3.8, 4) is 11.1 Å². The van der Waals surface area contributed by atoms with Crippen LogP contribution in [0.15, 0.2) is 54.9 Å². The third-order valence-corrected chi connectivity index (χ3v) is 5.97. The minimum absolute atomic E-state index is 0.0821. The molecule has 0 radical (unpaired) electrons. The van der Waals surface area contributed by atoms with Crippen LogP contribution in [0.1, 0.15) is 15.9 Å². The van der Waals surface area contributed by atoms with Crippen molar-refractivity contribution in [1.29, 1.82) is 0 Å². The van der Waals surface area contributed by atoms with E-state index in [0.29, 0.717) is 23.1 Å². The van der Waals surface area contributed by atoms with Gasteiger partial charge in [0, 0.05) is 62.5 Å². The molecule has 0 bridgehead atoms. The number of pyridine rings is 1. The van der Waals surface area contributed by atoms with Crippen LogP contribution in [-0.2, 0) is 7.05 Å². The van der Waals surface area contributed by atoms with Crippen molar-refractivity contribution < 1.29 is 4.79 Å². The highest BCUT2D eigenvalue weighted by molar-refractivity contribution is 6.03. The zero-order valence-electron chi connectivity index (χ0n) is 20.3. The second-order valence-electron chi connectivity index (χ2n) is 8.60. The van der Waals surface area contributed by atoms with E-state index in [1.165, 1.54) is 0 Å². The number of rotatable bonds is 5. The molecule has 9 nitrogen and oxygen atoms in total. The maximum absolute atomic E-state index is 12.4. The van der Waals surface area contributed by atoms with Gasteiger partial charge in [-0.25, -0.2) is 15.0 Å². The third-order valence-electron chi connectivity index (χ3n) is 5.97. The number of anilines is 3. The van der Waals surface area contributed by atoms with E-state index in [9.17, 15) is 4.79 Å². The monoisotopic (exact) mass is 466 g/mol. The molecule has 0 aliphatic heterocycles. The van der Waals surface area contributed by atoms with Crippen molar-refractivity contribution in [2.24, 2.45) is 7.05 Å². The van der Waals surface area contributed by atoms with Gasteiger partial charge in [0.25, 0.3) is 5.91 Å². The lowest BCUT2D eigenvalue weighted by Crippen LogP contribution is -2.21. The zero-order valence-corrected chi connectivity index (χ0v) is 20.3. The molecule has 0 fully saturated rings. The van der Waals surface area contributed by atoms with Gasteiger partial charge in [0.2, 0.25) is 5.95 Å². The number of amides is 1. The highest BCUT2D eigenvalue weighted by Gasteiger charge is 2.17. The van der Waals surface area contributed by atoms with Crippen molar-refractivity contribution in [2.75, 3.05) is 31.8 Å². The van der Waals surface area contributed by atoms with Crippen molar-refractivity contribution in [3.63, 3.8) is 0 Å². The number of nitrogens with one attached hydrogen (secondary N) is 2. The molecule has 0 atom stereocenters. The average molecular weight is 467 g/mol. The fourth-order valence-corrected chi connectivity index (χ4v) is 4.25. The maximum atomic E-state index is 12.4. The Kier molecular flexibility index (Phi) is 5.52. The van der Waals surface area contributed by atoms with E-state index in [1.54, 1.807) is 44.4 Å². The molecule has 2 N–H and O–H groups in total. The van der Waals surface area contributed by atoms with Gasteiger partial charge >= 0.3 is 0 Å². The average Bonchev–Trinajstić information content (AvgIpc) is 3.17. The number of carbonyl (C=O) groups excluding carboxylic acids is 1. The van der Waals surface area contributed by atoms with Gasteiger partial charge < -0.3 is 15.5 Å². The van der Waals surface area contributed by atoms with Crippen molar-refractivity contribution in [1.82, 2.24) is 29.6 Å². The van der Waals surface area contributed by atoms with Gasteiger partial charge in [-0.2, -0.15) is 5.10 Å². The molecule has 5 rings (SSSR count). The summed E-state index contributed by atoms with van der Waals surface area (Å²) in [5.74, 6) is 1.74. The Bertz CT molecular complexity index is 1590. The van der Waals surface area contributed by atoms with E-state index in [2.05, 4.69) is 56.8 Å². The van der Waals surface area contributed by atoms with Crippen LogP contribution in [0, 0.1) is 6.92 Å². The van der Waals surface area contributed by atoms with Gasteiger partial charge in [-0.05, 0) is 48.4 Å². The molecular weight excluding hydrogens is 440 g/mol. The molecule has 0 saturated heterocycles. The summed E-state index contributed by atoms with van der Waals surface area (Å²) in [7, 11) is 7.19. The lowest BCUT2D eigenvalue weighted by Gasteiger charge is -2.12. The molecule has 35 heavy (non-hydrogen) atoms. The van der Waals surface area contributed by atoms with Crippen LogP contribution in [-0.4, -0.2) is 56.7 Å². The number of fused-ring (bicyclic) bond motifs is 2. The molecule has 0 aliphatic rings. The summed E-state index contributed by atoms with van der Waals surface area (Å²) in [6.45, 7) is 2.09. The van der Waals surface area contributed by atoms with Crippen LogP contribution in [0.4, 0.5) is 17.6 Å². The Balaban J connectivity index is 1.59. The molecule has 176 valence electrons.